The molecular formula is C78H52B2N4S. The van der Waals surface area contributed by atoms with Crippen molar-refractivity contribution in [1.29, 1.82) is 0 Å². The molecule has 0 radical (unpaired) electrons. The highest BCUT2D eigenvalue weighted by Gasteiger charge is 2.48. The maximum atomic E-state index is 2.64. The van der Waals surface area contributed by atoms with Gasteiger partial charge in [0.15, 0.2) is 0 Å². The summed E-state index contributed by atoms with van der Waals surface area (Å²) >= 11 is 1.90. The van der Waals surface area contributed by atoms with E-state index in [9.17, 15) is 0 Å². The van der Waals surface area contributed by atoms with Gasteiger partial charge in [-0.25, -0.2) is 0 Å². The molecule has 0 N–H and O–H groups in total. The molecule has 0 aromatic heterocycles. The van der Waals surface area contributed by atoms with Crippen LogP contribution >= 0.6 is 11.8 Å². The number of rotatable bonds is 9. The van der Waals surface area contributed by atoms with E-state index in [-0.39, 0.29) is 13.4 Å². The molecule has 13 aromatic rings. The monoisotopic (exact) mass is 1100 g/mol. The van der Waals surface area contributed by atoms with E-state index in [0.717, 1.165) is 73.4 Å². The molecule has 0 aliphatic carbocycles. The molecule has 0 saturated carbocycles. The average molecular weight is 1100 g/mol. The number of hydrogen-bond donors (Lipinski definition) is 0. The van der Waals surface area contributed by atoms with E-state index >= 15 is 0 Å². The molecule has 0 atom stereocenters. The summed E-state index contributed by atoms with van der Waals surface area (Å²) in [5.41, 5.74) is 28.4. The fourth-order valence-electron chi connectivity index (χ4n) is 14.1. The normalized spacial score (nSPS) is 13.0. The second kappa shape index (κ2) is 20.2. The van der Waals surface area contributed by atoms with E-state index in [4.69, 9.17) is 0 Å². The molecule has 4 aliphatic heterocycles. The Kier molecular flexibility index (Phi) is 11.7. The maximum absolute atomic E-state index is 2.64. The number of benzene rings is 13. The zero-order valence-corrected chi connectivity index (χ0v) is 47.2. The molecule has 4 heterocycles. The zero-order chi connectivity index (χ0) is 56.0. The second-order valence-corrected chi connectivity index (χ2v) is 23.4. The predicted molar refractivity (Wildman–Crippen MR) is 361 cm³/mol. The van der Waals surface area contributed by atoms with Crippen molar-refractivity contribution in [1.82, 2.24) is 0 Å². The van der Waals surface area contributed by atoms with Gasteiger partial charge >= 0.3 is 0 Å². The Labute approximate surface area is 501 Å². The van der Waals surface area contributed by atoms with Gasteiger partial charge in [0.2, 0.25) is 6.71 Å². The first-order valence-corrected chi connectivity index (χ1v) is 30.1. The van der Waals surface area contributed by atoms with Gasteiger partial charge in [-0.05, 0) is 141 Å². The molecule has 0 unspecified atom stereocenters. The predicted octanol–water partition coefficient (Wildman–Crippen LogP) is 17.0. The van der Waals surface area contributed by atoms with Crippen molar-refractivity contribution in [3.05, 3.63) is 315 Å². The molecule has 0 amide bonds. The van der Waals surface area contributed by atoms with Gasteiger partial charge in [0.05, 0.1) is 11.4 Å². The van der Waals surface area contributed by atoms with Crippen LogP contribution in [0.4, 0.5) is 68.2 Å². The van der Waals surface area contributed by atoms with Crippen molar-refractivity contribution in [2.45, 2.75) is 9.79 Å². The number of para-hydroxylation sites is 6. The van der Waals surface area contributed by atoms with Crippen LogP contribution in [0.15, 0.2) is 325 Å². The molecule has 13 aromatic carbocycles. The van der Waals surface area contributed by atoms with E-state index in [1.54, 1.807) is 0 Å². The molecule has 0 spiro atoms. The highest BCUT2D eigenvalue weighted by molar-refractivity contribution is 8.00. The first kappa shape index (κ1) is 49.2. The summed E-state index contributed by atoms with van der Waals surface area (Å²) < 4.78 is 0. The summed E-state index contributed by atoms with van der Waals surface area (Å²) in [5, 5.41) is 0. The van der Waals surface area contributed by atoms with Gasteiger partial charge in [-0.1, -0.05) is 242 Å². The summed E-state index contributed by atoms with van der Waals surface area (Å²) in [6.07, 6.45) is 0. The van der Waals surface area contributed by atoms with Crippen LogP contribution in [0.5, 0.6) is 0 Å². The van der Waals surface area contributed by atoms with Gasteiger partial charge in [-0.15, -0.1) is 0 Å². The van der Waals surface area contributed by atoms with Crippen LogP contribution in [-0.4, -0.2) is 13.4 Å². The van der Waals surface area contributed by atoms with Gasteiger partial charge < -0.3 is 19.6 Å². The van der Waals surface area contributed by atoms with Crippen molar-refractivity contribution >= 4 is 126 Å². The fourth-order valence-corrected chi connectivity index (χ4v) is 15.3. The van der Waals surface area contributed by atoms with Crippen LogP contribution in [0.1, 0.15) is 0 Å². The quantitative estimate of drug-likeness (QED) is 0.133. The van der Waals surface area contributed by atoms with Crippen molar-refractivity contribution in [2.75, 3.05) is 19.6 Å². The smallest absolute Gasteiger partial charge is 0.252 e. The van der Waals surface area contributed by atoms with E-state index < -0.39 is 0 Å². The van der Waals surface area contributed by atoms with Gasteiger partial charge in [-0.3, -0.25) is 0 Å². The molecule has 4 nitrogen and oxygen atoms in total. The van der Waals surface area contributed by atoms with Crippen LogP contribution in [0.3, 0.4) is 0 Å². The Morgan fingerprint density at radius 3 is 1.27 bits per heavy atom. The van der Waals surface area contributed by atoms with Crippen LogP contribution in [0.25, 0.3) is 33.4 Å². The van der Waals surface area contributed by atoms with E-state index in [0.29, 0.717) is 0 Å². The SMILES string of the molecule is c1ccc(-c2cc3c4c(c2)N(c2ccccc2-c2ccccc2)c2cc5c(cc2B4c2ccccc2N3c2ccccc2-c2ccccc2)B2c3ccccc3Sc3cc(N(c4ccccc4)c4ccccc4)cc(c32)N5c2ccccc2)cc1. The van der Waals surface area contributed by atoms with Crippen molar-refractivity contribution in [2.24, 2.45) is 0 Å². The van der Waals surface area contributed by atoms with Crippen molar-refractivity contribution in [3.63, 3.8) is 0 Å². The maximum Gasteiger partial charge on any atom is 0.252 e. The standard InChI is InChI=1S/C78H52B2N4S/c1-7-27-53(28-8-1)56-47-72-77-73(48-56)84(68-44-24-20-40-62(68)55-31-11-3-12-32-55)71-52-70-65(51-66(71)79(77)63-41-21-25-45-69(63)83(72)67-43-23-19-39-61(67)54-29-9-2-10-30-54)80-64-42-22-26-46-75(64)85-76-50-60(49-74(78(76)80)82(70)59-37-17-6-18-38-59)81(57-33-13-4-14-34-57)58-35-15-5-16-36-58/h1-52H. The molecule has 396 valence electrons. The molecule has 4 aliphatic rings. The molecule has 0 saturated heterocycles. The molecule has 85 heavy (non-hydrogen) atoms. The number of hydrogen-bond acceptors (Lipinski definition) is 5. The summed E-state index contributed by atoms with van der Waals surface area (Å²) in [5.74, 6) is 0. The van der Waals surface area contributed by atoms with Crippen molar-refractivity contribution < 1.29 is 0 Å². The Hall–Kier alpha value is -10.5. The van der Waals surface area contributed by atoms with Gasteiger partial charge in [0, 0.05) is 77.8 Å². The van der Waals surface area contributed by atoms with E-state index in [1.807, 2.05) is 11.8 Å². The molecule has 0 bridgehead atoms. The Morgan fingerprint density at radius 1 is 0.247 bits per heavy atom. The van der Waals surface area contributed by atoms with Crippen LogP contribution < -0.4 is 52.4 Å². The minimum absolute atomic E-state index is 0.0712. The third-order valence-corrected chi connectivity index (χ3v) is 18.8. The Bertz CT molecular complexity index is 4680. The third kappa shape index (κ3) is 7.95. The molecule has 0 fully saturated rings. The lowest BCUT2D eigenvalue weighted by Crippen LogP contribution is -2.64. The highest BCUT2D eigenvalue weighted by atomic mass is 32.2. The number of nitrogens with zero attached hydrogens (tertiary/aromatic N) is 4. The summed E-state index contributed by atoms with van der Waals surface area (Å²) in [4.78, 5) is 12.7. The van der Waals surface area contributed by atoms with Crippen LogP contribution in [0.2, 0.25) is 0 Å². The van der Waals surface area contributed by atoms with Gasteiger partial charge in [-0.2, -0.15) is 0 Å². The number of fused-ring (bicyclic) bond motifs is 8. The highest BCUT2D eigenvalue weighted by Crippen LogP contribution is 2.52. The lowest BCUT2D eigenvalue weighted by atomic mass is 9.30. The first-order chi connectivity index (χ1) is 42.2. The zero-order valence-electron chi connectivity index (χ0n) is 46.4. The summed E-state index contributed by atoms with van der Waals surface area (Å²) in [6.45, 7) is -0.211. The topological polar surface area (TPSA) is 13.0 Å². The largest absolute Gasteiger partial charge is 0.311 e. The van der Waals surface area contributed by atoms with Gasteiger partial charge in [0.25, 0.3) is 6.71 Å². The fraction of sp³-hybridized carbons (Fsp3) is 0. The molecule has 17 rings (SSSR count). The van der Waals surface area contributed by atoms with E-state index in [1.165, 1.54) is 70.8 Å². The van der Waals surface area contributed by atoms with Crippen molar-refractivity contribution in [3.8, 4) is 33.4 Å². The molecule has 7 heteroatoms. The van der Waals surface area contributed by atoms with E-state index in [2.05, 4.69) is 335 Å². The van der Waals surface area contributed by atoms with Crippen LogP contribution in [0, 0.1) is 0 Å². The Morgan fingerprint density at radius 2 is 0.682 bits per heavy atom. The summed E-state index contributed by atoms with van der Waals surface area (Å²) in [6, 6.07) is 117. The third-order valence-electron chi connectivity index (χ3n) is 17.6. The lowest BCUT2D eigenvalue weighted by Gasteiger charge is -2.47. The minimum Gasteiger partial charge on any atom is -0.311 e. The molecular weight excluding hydrogens is 1050 g/mol. The first-order valence-electron chi connectivity index (χ1n) is 29.3. The lowest BCUT2D eigenvalue weighted by molar-refractivity contribution is 1.22. The average Bonchev–Trinajstić information content (AvgIpc) is 1.02. The summed E-state index contributed by atoms with van der Waals surface area (Å²) in [7, 11) is 0. The van der Waals surface area contributed by atoms with Gasteiger partial charge in [0.1, 0.15) is 0 Å². The Balaban J connectivity index is 0.996. The van der Waals surface area contributed by atoms with Crippen LogP contribution in [-0.2, 0) is 0 Å². The minimum atomic E-state index is -0.140. The number of anilines is 12. The second-order valence-electron chi connectivity index (χ2n) is 22.3.